The van der Waals surface area contributed by atoms with Gasteiger partial charge in [0.1, 0.15) is 17.6 Å². The fourth-order valence-corrected chi connectivity index (χ4v) is 4.23. The van der Waals surface area contributed by atoms with E-state index in [1.54, 1.807) is 23.1 Å². The molecule has 1 fully saturated rings. The van der Waals surface area contributed by atoms with Crippen molar-refractivity contribution in [3.05, 3.63) is 35.9 Å². The average Bonchev–Trinajstić information content (AvgIpc) is 3.45. The molecule has 0 unspecified atom stereocenters. The van der Waals surface area contributed by atoms with Crippen LogP contribution in [0.2, 0.25) is 0 Å². The van der Waals surface area contributed by atoms with E-state index in [2.05, 4.69) is 5.32 Å². The first kappa shape index (κ1) is 19.5. The number of benzene rings is 2. The van der Waals surface area contributed by atoms with Gasteiger partial charge in [0.25, 0.3) is 0 Å². The van der Waals surface area contributed by atoms with Crippen LogP contribution in [0, 0.1) is 5.92 Å². The van der Waals surface area contributed by atoms with Crippen LogP contribution in [0.1, 0.15) is 25.8 Å². The molecule has 3 aliphatic heterocycles. The Labute approximate surface area is 180 Å². The largest absolute Gasteiger partial charge is 0.492 e. The number of fused-ring (bicyclic) bond motifs is 2. The first-order chi connectivity index (χ1) is 15.0. The van der Waals surface area contributed by atoms with Crippen LogP contribution < -0.4 is 29.2 Å². The van der Waals surface area contributed by atoms with Crippen molar-refractivity contribution in [2.45, 2.75) is 32.8 Å². The minimum absolute atomic E-state index is 0.0955. The molecule has 162 valence electrons. The SMILES string of the molecule is CCOc1cc2c(cc1NC(=O)[C@H]1CC(=O)N(c3ccc4c(c3)OCO4)C1)O[C@H](C)C2. The minimum Gasteiger partial charge on any atom is -0.492 e. The lowest BCUT2D eigenvalue weighted by atomic mass is 10.1. The molecule has 0 aromatic heterocycles. The normalized spacial score (nSPS) is 21.1. The lowest BCUT2D eigenvalue weighted by Crippen LogP contribution is -2.28. The molecule has 0 radical (unpaired) electrons. The summed E-state index contributed by atoms with van der Waals surface area (Å²) in [5.74, 6) is 1.84. The van der Waals surface area contributed by atoms with Crippen LogP contribution in [0.3, 0.4) is 0 Å². The van der Waals surface area contributed by atoms with Gasteiger partial charge >= 0.3 is 0 Å². The summed E-state index contributed by atoms with van der Waals surface area (Å²) in [4.78, 5) is 27.3. The van der Waals surface area contributed by atoms with Gasteiger partial charge in [0.15, 0.2) is 11.5 Å². The van der Waals surface area contributed by atoms with Gasteiger partial charge in [-0.2, -0.15) is 0 Å². The van der Waals surface area contributed by atoms with E-state index in [-0.39, 0.29) is 31.1 Å². The van der Waals surface area contributed by atoms with Crippen LogP contribution in [-0.4, -0.2) is 37.9 Å². The Balaban J connectivity index is 1.32. The third-order valence-corrected chi connectivity index (χ3v) is 5.72. The lowest BCUT2D eigenvalue weighted by molar-refractivity contribution is -0.122. The molecule has 2 atom stereocenters. The number of amides is 2. The number of nitrogens with one attached hydrogen (secondary N) is 1. The monoisotopic (exact) mass is 424 g/mol. The lowest BCUT2D eigenvalue weighted by Gasteiger charge is -2.18. The highest BCUT2D eigenvalue weighted by atomic mass is 16.7. The molecule has 8 nitrogen and oxygen atoms in total. The van der Waals surface area contributed by atoms with Crippen molar-refractivity contribution in [3.63, 3.8) is 0 Å². The van der Waals surface area contributed by atoms with Gasteiger partial charge in [-0.3, -0.25) is 9.59 Å². The van der Waals surface area contributed by atoms with E-state index >= 15 is 0 Å². The summed E-state index contributed by atoms with van der Waals surface area (Å²) in [5.41, 5.74) is 2.33. The molecule has 2 aromatic rings. The minimum atomic E-state index is -0.472. The zero-order valence-corrected chi connectivity index (χ0v) is 17.5. The van der Waals surface area contributed by atoms with E-state index < -0.39 is 5.92 Å². The van der Waals surface area contributed by atoms with Crippen LogP contribution >= 0.6 is 0 Å². The zero-order valence-electron chi connectivity index (χ0n) is 17.5. The third-order valence-electron chi connectivity index (χ3n) is 5.72. The predicted molar refractivity (Wildman–Crippen MR) is 113 cm³/mol. The summed E-state index contributed by atoms with van der Waals surface area (Å²) in [5, 5.41) is 2.95. The van der Waals surface area contributed by atoms with E-state index in [9.17, 15) is 9.59 Å². The van der Waals surface area contributed by atoms with Crippen molar-refractivity contribution in [1.29, 1.82) is 0 Å². The van der Waals surface area contributed by atoms with E-state index in [4.69, 9.17) is 18.9 Å². The highest BCUT2D eigenvalue weighted by molar-refractivity contribution is 6.04. The molecule has 31 heavy (non-hydrogen) atoms. The summed E-state index contributed by atoms with van der Waals surface area (Å²) in [6.45, 7) is 4.86. The molecule has 0 bridgehead atoms. The van der Waals surface area contributed by atoms with Crippen molar-refractivity contribution >= 4 is 23.2 Å². The smallest absolute Gasteiger partial charge is 0.231 e. The summed E-state index contributed by atoms with van der Waals surface area (Å²) in [6.07, 6.45) is 1.05. The second kappa shape index (κ2) is 7.68. The van der Waals surface area contributed by atoms with Gasteiger partial charge in [-0.1, -0.05) is 0 Å². The number of hydrogen-bond acceptors (Lipinski definition) is 6. The maximum atomic E-state index is 13.0. The van der Waals surface area contributed by atoms with Crippen molar-refractivity contribution in [1.82, 2.24) is 0 Å². The van der Waals surface area contributed by atoms with Crippen molar-refractivity contribution < 1.29 is 28.5 Å². The quantitative estimate of drug-likeness (QED) is 0.794. The van der Waals surface area contributed by atoms with Gasteiger partial charge in [0, 0.05) is 42.8 Å². The van der Waals surface area contributed by atoms with Gasteiger partial charge < -0.3 is 29.2 Å². The van der Waals surface area contributed by atoms with Crippen LogP contribution in [0.15, 0.2) is 30.3 Å². The maximum Gasteiger partial charge on any atom is 0.231 e. The van der Waals surface area contributed by atoms with E-state index in [1.807, 2.05) is 26.0 Å². The molecule has 3 heterocycles. The highest BCUT2D eigenvalue weighted by Gasteiger charge is 2.36. The number of hydrogen-bond donors (Lipinski definition) is 1. The Hall–Kier alpha value is -3.42. The fourth-order valence-electron chi connectivity index (χ4n) is 4.23. The zero-order chi connectivity index (χ0) is 21.5. The number of rotatable bonds is 5. The first-order valence-electron chi connectivity index (χ1n) is 10.5. The van der Waals surface area contributed by atoms with Crippen molar-refractivity contribution in [3.8, 4) is 23.0 Å². The van der Waals surface area contributed by atoms with E-state index in [0.29, 0.717) is 41.8 Å². The number of ether oxygens (including phenoxy) is 4. The summed E-state index contributed by atoms with van der Waals surface area (Å²) in [6, 6.07) is 9.09. The third kappa shape index (κ3) is 3.62. The summed E-state index contributed by atoms with van der Waals surface area (Å²) < 4.78 is 22.3. The number of nitrogens with zero attached hydrogens (tertiary/aromatic N) is 1. The predicted octanol–water partition coefficient (Wildman–Crippen LogP) is 3.13. The number of carbonyl (C=O) groups excluding carboxylic acids is 2. The molecule has 0 aliphatic carbocycles. The molecular weight excluding hydrogens is 400 g/mol. The first-order valence-corrected chi connectivity index (χ1v) is 10.5. The van der Waals surface area contributed by atoms with Crippen LogP contribution in [0.5, 0.6) is 23.0 Å². The number of anilines is 2. The molecule has 8 heteroatoms. The van der Waals surface area contributed by atoms with Gasteiger partial charge in [-0.25, -0.2) is 0 Å². The van der Waals surface area contributed by atoms with Crippen LogP contribution in [0.25, 0.3) is 0 Å². The Morgan fingerprint density at radius 3 is 2.84 bits per heavy atom. The molecule has 0 saturated carbocycles. The summed E-state index contributed by atoms with van der Waals surface area (Å²) in [7, 11) is 0. The molecule has 1 N–H and O–H groups in total. The fraction of sp³-hybridized carbons (Fsp3) is 0.391. The van der Waals surface area contributed by atoms with Gasteiger partial charge in [-0.15, -0.1) is 0 Å². The van der Waals surface area contributed by atoms with Gasteiger partial charge in [-0.05, 0) is 32.0 Å². The Morgan fingerprint density at radius 1 is 1.16 bits per heavy atom. The van der Waals surface area contributed by atoms with Gasteiger partial charge in [0.05, 0.1) is 18.2 Å². The molecule has 0 spiro atoms. The number of carbonyl (C=O) groups is 2. The van der Waals surface area contributed by atoms with Crippen LogP contribution in [-0.2, 0) is 16.0 Å². The topological polar surface area (TPSA) is 86.3 Å². The Bertz CT molecular complexity index is 1050. The highest BCUT2D eigenvalue weighted by Crippen LogP contribution is 2.39. The second-order valence-corrected chi connectivity index (χ2v) is 7.95. The van der Waals surface area contributed by atoms with E-state index in [1.165, 1.54) is 0 Å². The van der Waals surface area contributed by atoms with E-state index in [0.717, 1.165) is 17.7 Å². The molecule has 5 rings (SSSR count). The maximum absolute atomic E-state index is 13.0. The standard InChI is InChI=1S/C23H24N2O6/c1-3-28-20-7-14-6-13(2)31-19(14)10-17(20)24-23(27)15-8-22(26)25(11-15)16-4-5-18-21(9-16)30-12-29-18/h4-5,7,9-10,13,15H,3,6,8,11-12H2,1-2H3,(H,24,27)/t13-,15+/m1/s1. The Morgan fingerprint density at radius 2 is 2.00 bits per heavy atom. The molecule has 1 saturated heterocycles. The molecular formula is C23H24N2O6. The Kier molecular flexibility index (Phi) is 4.84. The van der Waals surface area contributed by atoms with Gasteiger partial charge in [0.2, 0.25) is 18.6 Å². The van der Waals surface area contributed by atoms with Crippen molar-refractivity contribution in [2.75, 3.05) is 30.2 Å². The van der Waals surface area contributed by atoms with Crippen molar-refractivity contribution in [2.24, 2.45) is 5.92 Å². The second-order valence-electron chi connectivity index (χ2n) is 7.95. The molecule has 2 aromatic carbocycles. The van der Waals surface area contributed by atoms with Crippen LogP contribution in [0.4, 0.5) is 11.4 Å². The average molecular weight is 424 g/mol. The molecule has 2 amide bonds. The summed E-state index contributed by atoms with van der Waals surface area (Å²) >= 11 is 0. The molecule has 3 aliphatic rings.